The van der Waals surface area contributed by atoms with E-state index < -0.39 is 0 Å². The van der Waals surface area contributed by atoms with Crippen LogP contribution in [0.2, 0.25) is 0 Å². The molecule has 0 aromatic rings. The van der Waals surface area contributed by atoms with Gasteiger partial charge in [-0.05, 0) is 39.7 Å². The van der Waals surface area contributed by atoms with Crippen molar-refractivity contribution in [1.82, 2.24) is 4.90 Å². The summed E-state index contributed by atoms with van der Waals surface area (Å²) in [7, 11) is 0. The molecule has 0 aromatic heterocycles. The monoisotopic (exact) mass is 185 g/mol. The van der Waals surface area contributed by atoms with Gasteiger partial charge in [0, 0.05) is 24.7 Å². The Morgan fingerprint density at radius 1 is 1.31 bits per heavy atom. The summed E-state index contributed by atoms with van der Waals surface area (Å²) in [4.78, 5) is 2.49. The summed E-state index contributed by atoms with van der Waals surface area (Å²) in [6.07, 6.45) is 3.31. The highest BCUT2D eigenvalue weighted by molar-refractivity contribution is 4.89. The first-order valence-corrected chi connectivity index (χ1v) is 5.30. The van der Waals surface area contributed by atoms with Crippen molar-refractivity contribution in [3.8, 4) is 0 Å². The molecule has 1 heterocycles. The predicted octanol–water partition coefficient (Wildman–Crippen LogP) is 0.537. The summed E-state index contributed by atoms with van der Waals surface area (Å²) in [5.74, 6) is 0. The summed E-state index contributed by atoms with van der Waals surface area (Å²) in [6.45, 7) is 7.39. The highest BCUT2D eigenvalue weighted by Crippen LogP contribution is 2.19. The lowest BCUT2D eigenvalue weighted by Crippen LogP contribution is -2.47. The van der Waals surface area contributed by atoms with Crippen LogP contribution in [-0.2, 0) is 0 Å². The second-order valence-corrected chi connectivity index (χ2v) is 4.55. The molecule has 0 radical (unpaired) electrons. The van der Waals surface area contributed by atoms with E-state index in [4.69, 9.17) is 11.5 Å². The third-order valence-electron chi connectivity index (χ3n) is 3.15. The van der Waals surface area contributed by atoms with Crippen molar-refractivity contribution < 1.29 is 0 Å². The summed E-state index contributed by atoms with van der Waals surface area (Å²) in [5.41, 5.74) is 11.8. The highest BCUT2D eigenvalue weighted by Gasteiger charge is 2.27. The zero-order chi connectivity index (χ0) is 9.90. The minimum Gasteiger partial charge on any atom is -0.329 e. The van der Waals surface area contributed by atoms with Gasteiger partial charge in [0.25, 0.3) is 0 Å². The molecule has 1 rings (SSSR count). The minimum atomic E-state index is -0.0936. The highest BCUT2D eigenvalue weighted by atomic mass is 15.1. The lowest BCUT2D eigenvalue weighted by atomic mass is 9.92. The third-order valence-corrected chi connectivity index (χ3v) is 3.15. The zero-order valence-corrected chi connectivity index (χ0v) is 8.92. The van der Waals surface area contributed by atoms with Crippen molar-refractivity contribution in [1.29, 1.82) is 0 Å². The molecule has 0 aromatic carbocycles. The Labute approximate surface area is 81.5 Å². The van der Waals surface area contributed by atoms with Crippen molar-refractivity contribution in [2.75, 3.05) is 19.6 Å². The van der Waals surface area contributed by atoms with E-state index in [1.165, 1.54) is 13.0 Å². The van der Waals surface area contributed by atoms with Gasteiger partial charge >= 0.3 is 0 Å². The van der Waals surface area contributed by atoms with Gasteiger partial charge in [-0.2, -0.15) is 0 Å². The molecule has 1 atom stereocenters. The molecule has 1 aliphatic rings. The van der Waals surface area contributed by atoms with Crippen LogP contribution in [0.5, 0.6) is 0 Å². The fourth-order valence-corrected chi connectivity index (χ4v) is 1.96. The molecule has 13 heavy (non-hydrogen) atoms. The predicted molar refractivity (Wildman–Crippen MR) is 56.5 cm³/mol. The maximum Gasteiger partial charge on any atom is 0.0291 e. The number of rotatable bonds is 2. The normalized spacial score (nSPS) is 32.1. The quantitative estimate of drug-likeness (QED) is 0.660. The summed E-state index contributed by atoms with van der Waals surface area (Å²) >= 11 is 0. The standard InChI is InChI=1S/C10H23N3/c1-9(2)13-6-3-4-10(12,8-11)5-7-13/h9H,3-8,11-12H2,1-2H3. The topological polar surface area (TPSA) is 55.3 Å². The summed E-state index contributed by atoms with van der Waals surface area (Å²) in [5, 5.41) is 0. The summed E-state index contributed by atoms with van der Waals surface area (Å²) < 4.78 is 0. The largest absolute Gasteiger partial charge is 0.329 e. The molecule has 1 unspecified atom stereocenters. The first-order chi connectivity index (χ1) is 6.07. The molecular weight excluding hydrogens is 162 g/mol. The third kappa shape index (κ3) is 2.93. The molecular formula is C10H23N3. The maximum absolute atomic E-state index is 6.17. The lowest BCUT2D eigenvalue weighted by Gasteiger charge is -2.27. The van der Waals surface area contributed by atoms with Crippen LogP contribution >= 0.6 is 0 Å². The molecule has 0 spiro atoms. The van der Waals surface area contributed by atoms with E-state index in [0.29, 0.717) is 12.6 Å². The second-order valence-electron chi connectivity index (χ2n) is 4.55. The molecule has 0 bridgehead atoms. The van der Waals surface area contributed by atoms with Crippen LogP contribution in [0.15, 0.2) is 0 Å². The van der Waals surface area contributed by atoms with Crippen LogP contribution in [0, 0.1) is 0 Å². The van der Waals surface area contributed by atoms with E-state index in [9.17, 15) is 0 Å². The van der Waals surface area contributed by atoms with Gasteiger partial charge in [0.15, 0.2) is 0 Å². The van der Waals surface area contributed by atoms with Crippen molar-refractivity contribution in [2.24, 2.45) is 11.5 Å². The Balaban J connectivity index is 2.48. The van der Waals surface area contributed by atoms with Crippen LogP contribution in [0.25, 0.3) is 0 Å². The van der Waals surface area contributed by atoms with Crippen molar-refractivity contribution in [3.05, 3.63) is 0 Å². The van der Waals surface area contributed by atoms with Crippen molar-refractivity contribution >= 4 is 0 Å². The van der Waals surface area contributed by atoms with Crippen LogP contribution in [0.4, 0.5) is 0 Å². The summed E-state index contributed by atoms with van der Waals surface area (Å²) in [6, 6.07) is 0.639. The van der Waals surface area contributed by atoms with Crippen LogP contribution in [0.1, 0.15) is 33.1 Å². The molecule has 4 N–H and O–H groups in total. The molecule has 0 saturated carbocycles. The Morgan fingerprint density at radius 3 is 2.54 bits per heavy atom. The van der Waals surface area contributed by atoms with Gasteiger partial charge in [-0.25, -0.2) is 0 Å². The number of likely N-dealkylation sites (tertiary alicyclic amines) is 1. The first kappa shape index (κ1) is 11.0. The fourth-order valence-electron chi connectivity index (χ4n) is 1.96. The molecule has 3 nitrogen and oxygen atoms in total. The number of hydrogen-bond donors (Lipinski definition) is 2. The van der Waals surface area contributed by atoms with Crippen LogP contribution < -0.4 is 11.5 Å². The molecule has 3 heteroatoms. The van der Waals surface area contributed by atoms with Crippen molar-refractivity contribution in [2.45, 2.75) is 44.7 Å². The van der Waals surface area contributed by atoms with Gasteiger partial charge in [-0.15, -0.1) is 0 Å². The number of nitrogens with two attached hydrogens (primary N) is 2. The van der Waals surface area contributed by atoms with Gasteiger partial charge in [0.1, 0.15) is 0 Å². The van der Waals surface area contributed by atoms with E-state index in [1.54, 1.807) is 0 Å². The second kappa shape index (κ2) is 4.40. The Morgan fingerprint density at radius 2 is 2.00 bits per heavy atom. The smallest absolute Gasteiger partial charge is 0.0291 e. The number of hydrogen-bond acceptors (Lipinski definition) is 3. The van der Waals surface area contributed by atoms with Gasteiger partial charge in [0.2, 0.25) is 0 Å². The van der Waals surface area contributed by atoms with E-state index >= 15 is 0 Å². The molecule has 0 amide bonds. The average Bonchev–Trinajstić information content (AvgIpc) is 2.28. The van der Waals surface area contributed by atoms with Crippen molar-refractivity contribution in [3.63, 3.8) is 0 Å². The zero-order valence-electron chi connectivity index (χ0n) is 8.92. The van der Waals surface area contributed by atoms with Gasteiger partial charge < -0.3 is 16.4 Å². The molecule has 1 saturated heterocycles. The van der Waals surface area contributed by atoms with E-state index in [2.05, 4.69) is 18.7 Å². The van der Waals surface area contributed by atoms with E-state index in [-0.39, 0.29) is 5.54 Å². The maximum atomic E-state index is 6.17. The van der Waals surface area contributed by atoms with Gasteiger partial charge in [-0.1, -0.05) is 0 Å². The Bertz CT molecular complexity index is 158. The number of nitrogens with zero attached hydrogens (tertiary/aromatic N) is 1. The van der Waals surface area contributed by atoms with E-state index in [1.807, 2.05) is 0 Å². The molecule has 0 aliphatic carbocycles. The Kier molecular flexibility index (Phi) is 3.71. The Hall–Kier alpha value is -0.120. The first-order valence-electron chi connectivity index (χ1n) is 5.30. The lowest BCUT2D eigenvalue weighted by molar-refractivity contribution is 0.225. The van der Waals surface area contributed by atoms with Crippen LogP contribution in [0.3, 0.4) is 0 Å². The fraction of sp³-hybridized carbons (Fsp3) is 1.00. The van der Waals surface area contributed by atoms with Gasteiger partial charge in [0.05, 0.1) is 0 Å². The van der Waals surface area contributed by atoms with E-state index in [0.717, 1.165) is 19.4 Å². The molecule has 1 aliphatic heterocycles. The van der Waals surface area contributed by atoms with Crippen LogP contribution in [-0.4, -0.2) is 36.1 Å². The molecule has 78 valence electrons. The molecule has 1 fully saturated rings. The van der Waals surface area contributed by atoms with Gasteiger partial charge in [-0.3, -0.25) is 0 Å². The minimum absolute atomic E-state index is 0.0936. The SMILES string of the molecule is CC(C)N1CCCC(N)(CN)CC1. The average molecular weight is 185 g/mol.